The highest BCUT2D eigenvalue weighted by Crippen LogP contribution is 2.20. The van der Waals surface area contributed by atoms with Gasteiger partial charge in [-0.1, -0.05) is 23.2 Å². The Bertz CT molecular complexity index is 41.3. The first-order valence-electron chi connectivity index (χ1n) is 1.21. The van der Waals surface area contributed by atoms with Crippen molar-refractivity contribution < 1.29 is 9.50 Å². The van der Waals surface area contributed by atoms with Crippen molar-refractivity contribution in [1.82, 2.24) is 0 Å². The van der Waals surface area contributed by atoms with Crippen molar-refractivity contribution in [1.29, 1.82) is 0 Å². The van der Waals surface area contributed by atoms with Gasteiger partial charge in [-0.25, -0.2) is 9.50 Å². The van der Waals surface area contributed by atoms with E-state index >= 15 is 0 Å². The third-order valence-electron chi connectivity index (χ3n) is 0.164. The summed E-state index contributed by atoms with van der Waals surface area (Å²) in [7, 11) is 0. The van der Waals surface area contributed by atoms with Crippen LogP contribution in [0.15, 0.2) is 0 Å². The van der Waals surface area contributed by atoms with Crippen molar-refractivity contribution in [3.8, 4) is 0 Å². The SMILES string of the molecule is [O]CC(F)(Cl)Cl. The molecular weight excluding hydrogens is 130 g/mol. The maximum absolute atomic E-state index is 11.3. The van der Waals surface area contributed by atoms with Crippen LogP contribution in [0.5, 0.6) is 0 Å². The molecule has 0 atom stereocenters. The lowest BCUT2D eigenvalue weighted by molar-refractivity contribution is 0.132. The maximum atomic E-state index is 11.3. The number of hydrogen-bond donors (Lipinski definition) is 0. The Morgan fingerprint density at radius 3 is 1.83 bits per heavy atom. The van der Waals surface area contributed by atoms with E-state index in [1.165, 1.54) is 0 Å². The molecule has 0 unspecified atom stereocenters. The van der Waals surface area contributed by atoms with Gasteiger partial charge in [0.1, 0.15) is 6.61 Å². The van der Waals surface area contributed by atoms with Gasteiger partial charge in [0.15, 0.2) is 0 Å². The zero-order valence-electron chi connectivity index (χ0n) is 2.75. The first-order chi connectivity index (χ1) is 2.56. The van der Waals surface area contributed by atoms with Gasteiger partial charge in [0.2, 0.25) is 0 Å². The van der Waals surface area contributed by atoms with Crippen LogP contribution >= 0.6 is 23.2 Å². The number of hydrogen-bond acceptors (Lipinski definition) is 0. The molecule has 0 rings (SSSR count). The Morgan fingerprint density at radius 1 is 1.67 bits per heavy atom. The van der Waals surface area contributed by atoms with E-state index in [1.54, 1.807) is 0 Å². The maximum Gasteiger partial charge on any atom is 0.283 e. The first-order valence-corrected chi connectivity index (χ1v) is 1.97. The smallest absolute Gasteiger partial charge is 0.230 e. The zero-order chi connectivity index (χ0) is 5.21. The van der Waals surface area contributed by atoms with Crippen LogP contribution < -0.4 is 0 Å². The third kappa shape index (κ3) is 4.47. The first kappa shape index (κ1) is 6.47. The van der Waals surface area contributed by atoms with Crippen molar-refractivity contribution in [3.05, 3.63) is 0 Å². The van der Waals surface area contributed by atoms with Crippen molar-refractivity contribution in [2.45, 2.75) is 4.59 Å². The molecule has 0 aliphatic carbocycles. The topological polar surface area (TPSA) is 19.9 Å². The molecule has 0 amide bonds. The highest BCUT2D eigenvalue weighted by atomic mass is 35.5. The lowest BCUT2D eigenvalue weighted by Crippen LogP contribution is -2.07. The predicted molar refractivity (Wildman–Crippen MR) is 21.1 cm³/mol. The second-order valence-corrected chi connectivity index (χ2v) is 2.15. The van der Waals surface area contributed by atoms with Crippen molar-refractivity contribution in [2.24, 2.45) is 0 Å². The molecule has 0 saturated heterocycles. The van der Waals surface area contributed by atoms with Crippen LogP contribution in [0.3, 0.4) is 0 Å². The van der Waals surface area contributed by atoms with E-state index in [4.69, 9.17) is 0 Å². The van der Waals surface area contributed by atoms with E-state index in [2.05, 4.69) is 23.2 Å². The fourth-order valence-corrected chi connectivity index (χ4v) is 0. The molecule has 0 bridgehead atoms. The zero-order valence-corrected chi connectivity index (χ0v) is 4.26. The average Bonchev–Trinajstić information content (AvgIpc) is 1.35. The number of rotatable bonds is 1. The summed E-state index contributed by atoms with van der Waals surface area (Å²) in [5.74, 6) is 0. The molecule has 4 heteroatoms. The van der Waals surface area contributed by atoms with Crippen LogP contribution in [-0.2, 0) is 5.11 Å². The molecule has 37 valence electrons. The van der Waals surface area contributed by atoms with Crippen LogP contribution in [0.25, 0.3) is 0 Å². The highest BCUT2D eigenvalue weighted by Gasteiger charge is 2.20. The number of alkyl halides is 3. The summed E-state index contributed by atoms with van der Waals surface area (Å²) in [6.07, 6.45) is 0. The summed E-state index contributed by atoms with van der Waals surface area (Å²) in [5, 5.41) is 9.31. The van der Waals surface area contributed by atoms with Gasteiger partial charge >= 0.3 is 0 Å². The molecule has 0 aromatic rings. The van der Waals surface area contributed by atoms with Crippen molar-refractivity contribution in [3.63, 3.8) is 0 Å². The van der Waals surface area contributed by atoms with Crippen LogP contribution in [0.1, 0.15) is 0 Å². The van der Waals surface area contributed by atoms with Crippen LogP contribution in [0, 0.1) is 0 Å². The standard InChI is InChI=1S/C2H2Cl2FO/c3-2(4,5)1-6/h1H2. The van der Waals surface area contributed by atoms with Crippen LogP contribution in [0.2, 0.25) is 0 Å². The monoisotopic (exact) mass is 131 g/mol. The molecule has 0 heterocycles. The van der Waals surface area contributed by atoms with E-state index in [0.717, 1.165) is 0 Å². The fourth-order valence-electron chi connectivity index (χ4n) is 0. The van der Waals surface area contributed by atoms with Gasteiger partial charge in [-0.05, 0) is 0 Å². The fraction of sp³-hybridized carbons (Fsp3) is 1.00. The van der Waals surface area contributed by atoms with E-state index < -0.39 is 11.2 Å². The van der Waals surface area contributed by atoms with E-state index in [0.29, 0.717) is 0 Å². The lowest BCUT2D eigenvalue weighted by Gasteiger charge is -1.97. The molecule has 0 spiro atoms. The molecule has 0 aromatic heterocycles. The Balaban J connectivity index is 3.17. The Hall–Kier alpha value is 0.470. The molecule has 0 aromatic carbocycles. The third-order valence-corrected chi connectivity index (χ3v) is 0.382. The summed E-state index contributed by atoms with van der Waals surface area (Å²) in [5.41, 5.74) is 0. The Morgan fingerprint density at radius 2 is 1.83 bits per heavy atom. The van der Waals surface area contributed by atoms with E-state index in [1.807, 2.05) is 0 Å². The van der Waals surface area contributed by atoms with Crippen molar-refractivity contribution >= 4 is 23.2 Å². The molecule has 6 heavy (non-hydrogen) atoms. The minimum absolute atomic E-state index is 1.11. The summed E-state index contributed by atoms with van der Waals surface area (Å²) in [6, 6.07) is 0. The average molecular weight is 132 g/mol. The van der Waals surface area contributed by atoms with Gasteiger partial charge < -0.3 is 0 Å². The van der Waals surface area contributed by atoms with E-state index in [-0.39, 0.29) is 0 Å². The summed E-state index contributed by atoms with van der Waals surface area (Å²) >= 11 is 9.01. The molecule has 0 aliphatic heterocycles. The molecule has 0 N–H and O–H groups in total. The summed E-state index contributed by atoms with van der Waals surface area (Å²) in [6.45, 7) is -1.11. The number of halogens is 3. The quantitative estimate of drug-likeness (QED) is 0.482. The largest absolute Gasteiger partial charge is 0.283 e. The lowest BCUT2D eigenvalue weighted by atomic mass is 10.8. The van der Waals surface area contributed by atoms with Crippen LogP contribution in [0.4, 0.5) is 4.39 Å². The van der Waals surface area contributed by atoms with Gasteiger partial charge in [0, 0.05) is 0 Å². The van der Waals surface area contributed by atoms with Crippen molar-refractivity contribution in [2.75, 3.05) is 6.61 Å². The van der Waals surface area contributed by atoms with Gasteiger partial charge in [0.05, 0.1) is 0 Å². The van der Waals surface area contributed by atoms with Crippen LogP contribution in [-0.4, -0.2) is 11.2 Å². The molecule has 0 saturated carbocycles. The van der Waals surface area contributed by atoms with Gasteiger partial charge in [-0.15, -0.1) is 0 Å². The normalized spacial score (nSPS) is 12.0. The Labute approximate surface area is 44.7 Å². The Kier molecular flexibility index (Phi) is 2.11. The minimum atomic E-state index is -2.57. The molecule has 1 radical (unpaired) electrons. The summed E-state index contributed by atoms with van der Waals surface area (Å²) < 4.78 is 8.77. The molecular formula is C2H2Cl2FO. The van der Waals surface area contributed by atoms with Gasteiger partial charge in [0.25, 0.3) is 4.59 Å². The molecule has 0 fully saturated rings. The summed E-state index contributed by atoms with van der Waals surface area (Å²) in [4.78, 5) is 0. The molecule has 0 aliphatic rings. The minimum Gasteiger partial charge on any atom is -0.230 e. The van der Waals surface area contributed by atoms with Gasteiger partial charge in [-0.2, -0.15) is 0 Å². The van der Waals surface area contributed by atoms with E-state index in [9.17, 15) is 9.50 Å². The predicted octanol–water partition coefficient (Wildman–Crippen LogP) is 1.52. The second kappa shape index (κ2) is 1.96. The second-order valence-electron chi connectivity index (χ2n) is 0.760. The highest BCUT2D eigenvalue weighted by molar-refractivity contribution is 6.47. The van der Waals surface area contributed by atoms with Gasteiger partial charge in [-0.3, -0.25) is 0 Å². The molecule has 1 nitrogen and oxygen atoms in total.